The van der Waals surface area contributed by atoms with Crippen molar-refractivity contribution in [3.8, 4) is 0 Å². The molecule has 0 saturated heterocycles. The minimum absolute atomic E-state index is 0. The molecule has 0 unspecified atom stereocenters. The van der Waals surface area contributed by atoms with Gasteiger partial charge in [0.1, 0.15) is 10.1 Å². The number of hydrogen-bond acceptors (Lipinski definition) is 4. The third-order valence-electron chi connectivity index (χ3n) is 0.405. The van der Waals surface area contributed by atoms with Crippen LogP contribution in [0.1, 0.15) is 0 Å². The van der Waals surface area contributed by atoms with Gasteiger partial charge in [0.25, 0.3) is 0 Å². The van der Waals surface area contributed by atoms with Gasteiger partial charge in [0.05, 0.1) is 0 Å². The molecule has 0 radical (unpaired) electrons. The summed E-state index contributed by atoms with van der Waals surface area (Å²) in [6, 6.07) is 0. The second-order valence-electron chi connectivity index (χ2n) is 1.27. The monoisotopic (exact) mass is 201 g/mol. The summed E-state index contributed by atoms with van der Waals surface area (Å²) in [5.41, 5.74) is 4.53. The molecule has 0 rings (SSSR count). The van der Waals surface area contributed by atoms with Crippen molar-refractivity contribution >= 4 is 16.0 Å². The van der Waals surface area contributed by atoms with E-state index in [4.69, 9.17) is 0 Å². The molecule has 0 saturated carbocycles. The molecular formula is C5H8NNaO4S. The molecule has 64 valence electrons. The number of primary amides is 1. The number of carbonyl (C=O) groups excluding carboxylic acids is 1. The van der Waals surface area contributed by atoms with Gasteiger partial charge in [0, 0.05) is 5.41 Å². The van der Waals surface area contributed by atoms with E-state index in [2.05, 4.69) is 18.9 Å². The van der Waals surface area contributed by atoms with Gasteiger partial charge in [0.15, 0.2) is 0 Å². The third-order valence-corrected chi connectivity index (χ3v) is 0.814. The summed E-state index contributed by atoms with van der Waals surface area (Å²) < 4.78 is 28.0. The van der Waals surface area contributed by atoms with E-state index in [-0.39, 0.29) is 29.6 Å². The Hall–Kier alpha value is -0.140. The number of nitrogens with two attached hydrogens (primary N) is 1. The predicted molar refractivity (Wildman–Crippen MR) is 39.3 cm³/mol. The van der Waals surface area contributed by atoms with Crippen LogP contribution in [0.15, 0.2) is 24.6 Å². The van der Waals surface area contributed by atoms with Crippen molar-refractivity contribution in [2.24, 2.45) is 5.73 Å². The van der Waals surface area contributed by atoms with Gasteiger partial charge in [0.2, 0.25) is 5.91 Å². The van der Waals surface area contributed by atoms with Crippen molar-refractivity contribution in [3.63, 3.8) is 0 Å². The average Bonchev–Trinajstić information content (AvgIpc) is 1.88. The molecule has 0 aliphatic heterocycles. The van der Waals surface area contributed by atoms with E-state index in [1.54, 1.807) is 0 Å². The maximum atomic E-state index is 9.47. The summed E-state index contributed by atoms with van der Waals surface area (Å²) in [5.74, 6) is -0.481. The Labute approximate surface area is 93.4 Å². The molecule has 0 aromatic carbocycles. The second-order valence-corrected chi connectivity index (χ2v) is 2.58. The van der Waals surface area contributed by atoms with E-state index in [9.17, 15) is 17.8 Å². The summed E-state index contributed by atoms with van der Waals surface area (Å²) in [6.07, 6.45) is 1.06. The fraction of sp³-hybridized carbons (Fsp3) is 0. The standard InChI is InChI=1S/C3H5NO.C2H4O3S.Na/c1-2-3(4)5;1-2-6(3,4)5;/h2H,1H2,(H2,4,5);2H,1H2,(H,3,4,5);/q;;+1/p-1. The number of rotatable bonds is 2. The molecule has 0 atom stereocenters. The maximum Gasteiger partial charge on any atom is 1.00 e. The first kappa shape index (κ1) is 17.8. The molecule has 0 aromatic rings. The van der Waals surface area contributed by atoms with Crippen molar-refractivity contribution < 1.29 is 47.3 Å². The predicted octanol–water partition coefficient (Wildman–Crippen LogP) is -3.66. The second kappa shape index (κ2) is 8.95. The number of amides is 1. The average molecular weight is 201 g/mol. The molecule has 0 bridgehead atoms. The smallest absolute Gasteiger partial charge is 0.745 e. The fourth-order valence-corrected chi connectivity index (χ4v) is 0. The quantitative estimate of drug-likeness (QED) is 0.282. The summed E-state index contributed by atoms with van der Waals surface area (Å²) in [5, 5.41) is 0.354. The van der Waals surface area contributed by atoms with Crippen molar-refractivity contribution in [2.75, 3.05) is 0 Å². The van der Waals surface area contributed by atoms with Gasteiger partial charge in [-0.25, -0.2) is 8.42 Å². The van der Waals surface area contributed by atoms with Crippen molar-refractivity contribution in [3.05, 3.63) is 24.6 Å². The molecule has 7 heteroatoms. The Balaban J connectivity index is -0.000000126. The summed E-state index contributed by atoms with van der Waals surface area (Å²) in [6.45, 7) is 5.82. The number of hydrogen-bond donors (Lipinski definition) is 1. The van der Waals surface area contributed by atoms with Gasteiger partial charge in [-0.1, -0.05) is 13.2 Å². The van der Waals surface area contributed by atoms with E-state index in [0.717, 1.165) is 6.08 Å². The molecule has 0 fully saturated rings. The zero-order valence-electron chi connectivity index (χ0n) is 6.69. The van der Waals surface area contributed by atoms with Gasteiger partial charge in [-0.2, -0.15) is 0 Å². The van der Waals surface area contributed by atoms with Crippen LogP contribution in [0.25, 0.3) is 0 Å². The van der Waals surface area contributed by atoms with Crippen LogP contribution >= 0.6 is 0 Å². The van der Waals surface area contributed by atoms with Crippen LogP contribution < -0.4 is 35.3 Å². The van der Waals surface area contributed by atoms with Crippen LogP contribution in [0.5, 0.6) is 0 Å². The van der Waals surface area contributed by atoms with Crippen molar-refractivity contribution in [1.29, 1.82) is 0 Å². The van der Waals surface area contributed by atoms with E-state index < -0.39 is 16.0 Å². The normalized spacial score (nSPS) is 8.08. The Morgan fingerprint density at radius 3 is 1.58 bits per heavy atom. The zero-order valence-corrected chi connectivity index (χ0v) is 9.50. The van der Waals surface area contributed by atoms with Crippen LogP contribution in [0.3, 0.4) is 0 Å². The van der Waals surface area contributed by atoms with Gasteiger partial charge < -0.3 is 10.3 Å². The Kier molecular flexibility index (Phi) is 13.3. The number of carbonyl (C=O) groups is 1. The summed E-state index contributed by atoms with van der Waals surface area (Å²) in [4.78, 5) is 9.47. The van der Waals surface area contributed by atoms with Crippen molar-refractivity contribution in [1.82, 2.24) is 0 Å². The molecule has 0 spiro atoms. The van der Waals surface area contributed by atoms with Gasteiger partial charge in [-0.3, -0.25) is 4.79 Å². The van der Waals surface area contributed by atoms with Crippen LogP contribution in [0.4, 0.5) is 0 Å². The maximum absolute atomic E-state index is 9.47. The molecule has 12 heavy (non-hydrogen) atoms. The van der Waals surface area contributed by atoms with E-state index in [1.807, 2.05) is 0 Å². The first-order valence-corrected chi connectivity index (χ1v) is 3.81. The van der Waals surface area contributed by atoms with Crippen LogP contribution in [-0.2, 0) is 14.9 Å². The van der Waals surface area contributed by atoms with Gasteiger partial charge in [-0.15, -0.1) is 0 Å². The fourth-order valence-electron chi connectivity index (χ4n) is 0. The molecule has 0 aromatic heterocycles. The Bertz CT molecular complexity index is 235. The Morgan fingerprint density at radius 2 is 1.58 bits per heavy atom. The molecule has 2 N–H and O–H groups in total. The topological polar surface area (TPSA) is 100 Å². The summed E-state index contributed by atoms with van der Waals surface area (Å²) in [7, 11) is -4.15. The van der Waals surface area contributed by atoms with Crippen LogP contribution in [0.2, 0.25) is 0 Å². The van der Waals surface area contributed by atoms with Crippen molar-refractivity contribution in [2.45, 2.75) is 0 Å². The first-order chi connectivity index (χ1) is 4.83. The molecular weight excluding hydrogens is 193 g/mol. The minimum atomic E-state index is -4.15. The third kappa shape index (κ3) is 32.8. The minimum Gasteiger partial charge on any atom is -0.745 e. The largest absolute Gasteiger partial charge is 1.00 e. The molecule has 0 aliphatic carbocycles. The first-order valence-electron chi connectivity index (χ1n) is 2.33. The van der Waals surface area contributed by atoms with E-state index in [0.29, 0.717) is 5.41 Å². The van der Waals surface area contributed by atoms with Crippen LogP contribution in [-0.4, -0.2) is 18.9 Å². The van der Waals surface area contributed by atoms with E-state index >= 15 is 0 Å². The molecule has 1 amide bonds. The van der Waals surface area contributed by atoms with Crippen LogP contribution in [0, 0.1) is 0 Å². The van der Waals surface area contributed by atoms with Gasteiger partial charge in [-0.05, 0) is 6.08 Å². The SMILES string of the molecule is C=CC(N)=O.C=CS(=O)(=O)[O-].[Na+]. The summed E-state index contributed by atoms with van der Waals surface area (Å²) >= 11 is 0. The van der Waals surface area contributed by atoms with E-state index in [1.165, 1.54) is 0 Å². The molecule has 5 nitrogen and oxygen atoms in total. The van der Waals surface area contributed by atoms with Gasteiger partial charge >= 0.3 is 29.6 Å². The zero-order chi connectivity index (χ0) is 9.49. The molecule has 0 aliphatic rings. The molecule has 0 heterocycles. The Morgan fingerprint density at radius 1 is 1.42 bits per heavy atom.